The van der Waals surface area contributed by atoms with Gasteiger partial charge in [0, 0.05) is 11.6 Å². The first-order valence-corrected chi connectivity index (χ1v) is 8.28. The van der Waals surface area contributed by atoms with E-state index in [-0.39, 0.29) is 12.5 Å². The van der Waals surface area contributed by atoms with E-state index >= 15 is 0 Å². The number of aromatic nitrogens is 1. The number of benzene rings is 2. The van der Waals surface area contributed by atoms with Gasteiger partial charge in [-0.3, -0.25) is 10.1 Å². The minimum Gasteiger partial charge on any atom is -0.489 e. The van der Waals surface area contributed by atoms with Crippen LogP contribution in [0.4, 0.5) is 5.88 Å². The lowest BCUT2D eigenvalue weighted by atomic mass is 10.1. The van der Waals surface area contributed by atoms with Gasteiger partial charge in [-0.2, -0.15) is 0 Å². The Bertz CT molecular complexity index is 921. The lowest BCUT2D eigenvalue weighted by Crippen LogP contribution is -2.21. The van der Waals surface area contributed by atoms with Crippen molar-refractivity contribution in [1.29, 1.82) is 0 Å². The van der Waals surface area contributed by atoms with Crippen LogP contribution in [0.2, 0.25) is 0 Å². The summed E-state index contributed by atoms with van der Waals surface area (Å²) < 4.78 is 15.7. The maximum absolute atomic E-state index is 12.3. The van der Waals surface area contributed by atoms with Gasteiger partial charge in [0.05, 0.1) is 11.3 Å². The number of nitrogens with one attached hydrogen (secondary N) is 1. The Kier molecular flexibility index (Phi) is 5.84. The third-order valence-electron chi connectivity index (χ3n) is 3.60. The number of anilines is 1. The second-order valence-electron chi connectivity index (χ2n) is 5.72. The van der Waals surface area contributed by atoms with Crippen LogP contribution < -0.4 is 10.1 Å². The Morgan fingerprint density at radius 3 is 2.56 bits per heavy atom. The standard InChI is InChI=1S/C20H18N2O5/c1-14-11-19(27-22-14)21-18(23)13-26-20(24)17-10-6-5-7-15(17)12-25-16-8-3-2-4-9-16/h2-11H,12-13H2,1H3,(H,21,23). The molecule has 0 saturated heterocycles. The van der Waals surface area contributed by atoms with Crippen molar-refractivity contribution in [3.63, 3.8) is 0 Å². The second kappa shape index (κ2) is 8.66. The molecule has 0 aliphatic heterocycles. The monoisotopic (exact) mass is 366 g/mol. The summed E-state index contributed by atoms with van der Waals surface area (Å²) in [6.45, 7) is 1.50. The van der Waals surface area contributed by atoms with Crippen molar-refractivity contribution < 1.29 is 23.6 Å². The highest BCUT2D eigenvalue weighted by molar-refractivity contribution is 5.95. The molecule has 0 atom stereocenters. The summed E-state index contributed by atoms with van der Waals surface area (Å²) in [5, 5.41) is 6.12. The molecule has 7 nitrogen and oxygen atoms in total. The first-order chi connectivity index (χ1) is 13.1. The molecule has 0 saturated carbocycles. The van der Waals surface area contributed by atoms with E-state index in [1.807, 2.05) is 30.3 Å². The molecule has 1 N–H and O–H groups in total. The summed E-state index contributed by atoms with van der Waals surface area (Å²) in [5.41, 5.74) is 1.64. The number of hydrogen-bond donors (Lipinski definition) is 1. The summed E-state index contributed by atoms with van der Waals surface area (Å²) in [6.07, 6.45) is 0. The van der Waals surface area contributed by atoms with Gasteiger partial charge in [0.25, 0.3) is 5.91 Å². The number of ether oxygens (including phenoxy) is 2. The van der Waals surface area contributed by atoms with Crippen molar-refractivity contribution >= 4 is 17.8 Å². The van der Waals surface area contributed by atoms with E-state index in [0.717, 1.165) is 0 Å². The third-order valence-corrected chi connectivity index (χ3v) is 3.60. The molecular formula is C20H18N2O5. The molecule has 27 heavy (non-hydrogen) atoms. The highest BCUT2D eigenvalue weighted by Crippen LogP contribution is 2.16. The number of esters is 1. The van der Waals surface area contributed by atoms with E-state index in [9.17, 15) is 9.59 Å². The van der Waals surface area contributed by atoms with Gasteiger partial charge in [-0.25, -0.2) is 4.79 Å². The molecule has 1 aromatic heterocycles. The maximum Gasteiger partial charge on any atom is 0.339 e. The number of amides is 1. The smallest absolute Gasteiger partial charge is 0.339 e. The average Bonchev–Trinajstić information content (AvgIpc) is 3.10. The van der Waals surface area contributed by atoms with Crippen molar-refractivity contribution in [3.8, 4) is 5.75 Å². The van der Waals surface area contributed by atoms with Gasteiger partial charge >= 0.3 is 5.97 Å². The molecule has 0 aliphatic rings. The molecule has 3 rings (SSSR count). The number of hydrogen-bond acceptors (Lipinski definition) is 6. The van der Waals surface area contributed by atoms with E-state index in [2.05, 4.69) is 10.5 Å². The molecule has 3 aromatic rings. The lowest BCUT2D eigenvalue weighted by Gasteiger charge is -2.11. The number of carbonyl (C=O) groups excluding carboxylic acids is 2. The normalized spacial score (nSPS) is 10.3. The fourth-order valence-corrected chi connectivity index (χ4v) is 2.33. The van der Waals surface area contributed by atoms with E-state index in [1.165, 1.54) is 0 Å². The molecule has 0 aliphatic carbocycles. The van der Waals surface area contributed by atoms with Crippen LogP contribution in [0.5, 0.6) is 5.75 Å². The fourth-order valence-electron chi connectivity index (χ4n) is 2.33. The van der Waals surface area contributed by atoms with Crippen LogP contribution in [0, 0.1) is 6.92 Å². The zero-order valence-electron chi connectivity index (χ0n) is 14.7. The Morgan fingerprint density at radius 2 is 1.81 bits per heavy atom. The lowest BCUT2D eigenvalue weighted by molar-refractivity contribution is -0.119. The molecule has 2 aromatic carbocycles. The van der Waals surface area contributed by atoms with Crippen LogP contribution in [0.1, 0.15) is 21.6 Å². The van der Waals surface area contributed by atoms with Crippen LogP contribution in [-0.2, 0) is 16.1 Å². The molecule has 7 heteroatoms. The molecule has 0 fully saturated rings. The second-order valence-corrected chi connectivity index (χ2v) is 5.72. The molecule has 138 valence electrons. The van der Waals surface area contributed by atoms with E-state index in [0.29, 0.717) is 22.6 Å². The Morgan fingerprint density at radius 1 is 1.07 bits per heavy atom. The van der Waals surface area contributed by atoms with Crippen LogP contribution in [-0.4, -0.2) is 23.6 Å². The van der Waals surface area contributed by atoms with Crippen LogP contribution in [0.3, 0.4) is 0 Å². The van der Waals surface area contributed by atoms with Crippen molar-refractivity contribution in [2.45, 2.75) is 13.5 Å². The van der Waals surface area contributed by atoms with Gasteiger partial charge in [0.15, 0.2) is 6.61 Å². The Hall–Kier alpha value is -3.61. The molecule has 0 bridgehead atoms. The van der Waals surface area contributed by atoms with Gasteiger partial charge < -0.3 is 14.0 Å². The first kappa shape index (κ1) is 18.2. The van der Waals surface area contributed by atoms with Crippen LogP contribution in [0.15, 0.2) is 65.2 Å². The molecule has 0 spiro atoms. The summed E-state index contributed by atoms with van der Waals surface area (Å²) in [7, 11) is 0. The van der Waals surface area contributed by atoms with Crippen molar-refractivity contribution in [2.75, 3.05) is 11.9 Å². The number of nitrogens with zero attached hydrogens (tertiary/aromatic N) is 1. The topological polar surface area (TPSA) is 90.7 Å². The van der Waals surface area contributed by atoms with Crippen molar-refractivity contribution in [2.24, 2.45) is 0 Å². The molecule has 1 heterocycles. The number of aryl methyl sites for hydroxylation is 1. The molecule has 1 amide bonds. The van der Waals surface area contributed by atoms with Gasteiger partial charge in [-0.05, 0) is 25.1 Å². The largest absolute Gasteiger partial charge is 0.489 e. The number of rotatable bonds is 7. The highest BCUT2D eigenvalue weighted by atomic mass is 16.5. The summed E-state index contributed by atoms with van der Waals surface area (Å²) in [5.74, 6) is -0.226. The van der Waals surface area contributed by atoms with Gasteiger partial charge in [0.2, 0.25) is 5.88 Å². The fraction of sp³-hybridized carbons (Fsp3) is 0.150. The van der Waals surface area contributed by atoms with Crippen molar-refractivity contribution in [3.05, 3.63) is 77.5 Å². The zero-order valence-corrected chi connectivity index (χ0v) is 14.7. The van der Waals surface area contributed by atoms with E-state index < -0.39 is 18.5 Å². The third kappa shape index (κ3) is 5.18. The van der Waals surface area contributed by atoms with Crippen LogP contribution >= 0.6 is 0 Å². The molecular weight excluding hydrogens is 348 g/mol. The van der Waals surface area contributed by atoms with Gasteiger partial charge in [0.1, 0.15) is 12.4 Å². The first-order valence-electron chi connectivity index (χ1n) is 8.28. The highest BCUT2D eigenvalue weighted by Gasteiger charge is 2.15. The minimum absolute atomic E-state index is 0.199. The predicted molar refractivity (Wildman–Crippen MR) is 97.4 cm³/mol. The average molecular weight is 366 g/mol. The Labute approximate surface area is 155 Å². The summed E-state index contributed by atoms with van der Waals surface area (Å²) in [4.78, 5) is 24.2. The van der Waals surface area contributed by atoms with E-state index in [1.54, 1.807) is 37.3 Å². The minimum atomic E-state index is -0.605. The predicted octanol–water partition coefficient (Wildman–Crippen LogP) is 3.36. The van der Waals surface area contributed by atoms with Gasteiger partial charge in [-0.1, -0.05) is 41.6 Å². The molecule has 0 radical (unpaired) electrons. The summed E-state index contributed by atoms with van der Waals surface area (Å²) >= 11 is 0. The number of para-hydroxylation sites is 1. The number of carbonyl (C=O) groups is 2. The van der Waals surface area contributed by atoms with Gasteiger partial charge in [-0.15, -0.1) is 0 Å². The van der Waals surface area contributed by atoms with Crippen LogP contribution in [0.25, 0.3) is 0 Å². The molecule has 0 unspecified atom stereocenters. The summed E-state index contributed by atoms with van der Waals surface area (Å²) in [6, 6.07) is 17.8. The van der Waals surface area contributed by atoms with E-state index in [4.69, 9.17) is 14.0 Å². The van der Waals surface area contributed by atoms with Crippen molar-refractivity contribution in [1.82, 2.24) is 5.16 Å². The zero-order chi connectivity index (χ0) is 19.1. The maximum atomic E-state index is 12.3. The SMILES string of the molecule is Cc1cc(NC(=O)COC(=O)c2ccccc2COc2ccccc2)on1. The Balaban J connectivity index is 1.57. The quantitative estimate of drug-likeness (QED) is 0.645.